The lowest BCUT2D eigenvalue weighted by molar-refractivity contribution is -0.384. The Morgan fingerprint density at radius 2 is 1.73 bits per heavy atom. The van der Waals surface area contributed by atoms with Crippen LogP contribution in [0, 0.1) is 10.1 Å². The van der Waals surface area contributed by atoms with E-state index in [4.69, 9.17) is 4.74 Å². The van der Waals surface area contributed by atoms with Gasteiger partial charge < -0.3 is 14.4 Å². The maximum Gasteiger partial charge on any atom is 0.422 e. The molecule has 48 heavy (non-hydrogen) atoms. The lowest BCUT2D eigenvalue weighted by Crippen LogP contribution is -2.53. The monoisotopic (exact) mass is 685 g/mol. The number of hydrogen-bond acceptors (Lipinski definition) is 8. The lowest BCUT2D eigenvalue weighted by Gasteiger charge is -2.38. The van der Waals surface area contributed by atoms with Crippen molar-refractivity contribution < 1.29 is 41.2 Å². The van der Waals surface area contributed by atoms with Gasteiger partial charge in [0.2, 0.25) is 5.60 Å². The van der Waals surface area contributed by atoms with Crippen molar-refractivity contribution in [1.29, 1.82) is 0 Å². The number of nitrogens with zero attached hydrogens (tertiary/aromatic N) is 3. The van der Waals surface area contributed by atoms with Crippen molar-refractivity contribution in [3.63, 3.8) is 0 Å². The van der Waals surface area contributed by atoms with E-state index in [1.54, 1.807) is 49.4 Å². The number of alkyl halides is 3. The normalized spacial score (nSPS) is 16.3. The highest BCUT2D eigenvalue weighted by atomic mass is 32.2. The van der Waals surface area contributed by atoms with Crippen LogP contribution in [0.2, 0.25) is 0 Å². The van der Waals surface area contributed by atoms with Gasteiger partial charge in [-0.3, -0.25) is 15.0 Å². The molecule has 1 aliphatic rings. The minimum Gasteiger partial charge on any atom is -0.463 e. The van der Waals surface area contributed by atoms with Crippen LogP contribution in [0.5, 0.6) is 0 Å². The number of ether oxygens (including phenoxy) is 1. The fourth-order valence-corrected chi connectivity index (χ4v) is 7.71. The third-order valence-electron chi connectivity index (χ3n) is 8.52. The van der Waals surface area contributed by atoms with E-state index in [9.17, 15) is 41.6 Å². The maximum atomic E-state index is 14.9. The number of aliphatic hydroxyl groups is 1. The van der Waals surface area contributed by atoms with Gasteiger partial charge in [0.1, 0.15) is 0 Å². The van der Waals surface area contributed by atoms with E-state index in [0.29, 0.717) is 5.56 Å². The molecule has 1 N–H and O–H groups in total. The van der Waals surface area contributed by atoms with Crippen LogP contribution in [0.25, 0.3) is 17.0 Å². The number of piperidine rings is 1. The van der Waals surface area contributed by atoms with Crippen LogP contribution in [0.4, 0.5) is 18.9 Å². The Kier molecular flexibility index (Phi) is 10.1. The number of sulfone groups is 1. The van der Waals surface area contributed by atoms with E-state index in [2.05, 4.69) is 0 Å². The zero-order valence-corrected chi connectivity index (χ0v) is 26.8. The van der Waals surface area contributed by atoms with Crippen LogP contribution in [-0.2, 0) is 31.5 Å². The molecule has 1 fully saturated rings. The van der Waals surface area contributed by atoms with Gasteiger partial charge in [0.15, 0.2) is 9.84 Å². The number of β-amino-alcohol motifs (C(OH)–C–C–N with tert-alkyl or cyclic N) is 1. The Hall–Kier alpha value is -4.53. The molecular formula is C34H34F3N3O7S. The van der Waals surface area contributed by atoms with E-state index >= 15 is 0 Å². The Balaban J connectivity index is 1.37. The highest BCUT2D eigenvalue weighted by Gasteiger charge is 2.57. The van der Waals surface area contributed by atoms with Gasteiger partial charge in [0.25, 0.3) is 5.69 Å². The maximum absolute atomic E-state index is 14.9. The van der Waals surface area contributed by atoms with Crippen molar-refractivity contribution in [2.75, 3.05) is 26.2 Å². The number of benzene rings is 3. The minimum atomic E-state index is -5.13. The minimum absolute atomic E-state index is 0.0171. The molecule has 0 aliphatic carbocycles. The van der Waals surface area contributed by atoms with Crippen molar-refractivity contribution in [3.8, 4) is 0 Å². The van der Waals surface area contributed by atoms with Crippen LogP contribution in [-0.4, -0.2) is 71.6 Å². The number of rotatable bonds is 11. The van der Waals surface area contributed by atoms with Crippen LogP contribution >= 0.6 is 0 Å². The molecule has 1 aliphatic heterocycles. The second-order valence-corrected chi connectivity index (χ2v) is 13.9. The smallest absolute Gasteiger partial charge is 0.422 e. The largest absolute Gasteiger partial charge is 0.463 e. The van der Waals surface area contributed by atoms with Crippen LogP contribution in [0.15, 0.2) is 90.0 Å². The first kappa shape index (κ1) is 34.8. The second kappa shape index (κ2) is 13.9. The van der Waals surface area contributed by atoms with Gasteiger partial charge >= 0.3 is 12.1 Å². The number of non-ortho nitro benzene ring substituents is 1. The molecule has 3 aromatic carbocycles. The van der Waals surface area contributed by atoms with Crippen LogP contribution in [0.1, 0.15) is 36.5 Å². The van der Waals surface area contributed by atoms with Gasteiger partial charge in [-0.05, 0) is 68.3 Å². The molecule has 14 heteroatoms. The van der Waals surface area contributed by atoms with Gasteiger partial charge in [-0.25, -0.2) is 13.2 Å². The zero-order chi connectivity index (χ0) is 34.7. The molecule has 0 amide bonds. The fourth-order valence-electron chi connectivity index (χ4n) is 5.98. The first-order valence-corrected chi connectivity index (χ1v) is 16.8. The summed E-state index contributed by atoms with van der Waals surface area (Å²) in [6.07, 6.45) is -1.12. The number of halogens is 3. The molecule has 5 rings (SSSR count). The van der Waals surface area contributed by atoms with Crippen molar-refractivity contribution in [3.05, 3.63) is 112 Å². The standard InChI is InChI=1S/C34H34F3N3O7S/c1-2-47-32(41)15-10-24-8-12-27(13-9-24)48(45,46)28-16-18-38(19-17-28)23-33(42,34(35,36)37)30-22-39(21-25-6-4-3-5-7-25)31-20-26(40(43)44)11-14-29(30)31/h3-15,20,22,28,42H,2,16-19,21,23H2,1H3. The van der Waals surface area contributed by atoms with Crippen molar-refractivity contribution in [2.24, 2.45) is 0 Å². The molecule has 0 saturated carbocycles. The molecule has 1 saturated heterocycles. The molecule has 4 aromatic rings. The number of aromatic nitrogens is 1. The molecule has 1 atom stereocenters. The van der Waals surface area contributed by atoms with Gasteiger partial charge in [-0.15, -0.1) is 0 Å². The Labute approximate surface area is 275 Å². The van der Waals surface area contributed by atoms with Crippen LogP contribution in [0.3, 0.4) is 0 Å². The number of nitro groups is 1. The summed E-state index contributed by atoms with van der Waals surface area (Å²) < 4.78 is 77.7. The van der Waals surface area contributed by atoms with Crippen LogP contribution < -0.4 is 0 Å². The van der Waals surface area contributed by atoms with E-state index < -0.39 is 49.9 Å². The first-order chi connectivity index (χ1) is 22.7. The summed E-state index contributed by atoms with van der Waals surface area (Å²) in [5.41, 5.74) is -2.61. The van der Waals surface area contributed by atoms with Gasteiger partial charge in [0, 0.05) is 48.4 Å². The first-order valence-electron chi connectivity index (χ1n) is 15.2. The van der Waals surface area contributed by atoms with Crippen molar-refractivity contribution in [1.82, 2.24) is 9.47 Å². The van der Waals surface area contributed by atoms with Gasteiger partial charge in [-0.2, -0.15) is 13.2 Å². The molecular weight excluding hydrogens is 651 g/mol. The van der Waals surface area contributed by atoms with E-state index in [1.807, 2.05) is 0 Å². The highest BCUT2D eigenvalue weighted by molar-refractivity contribution is 7.92. The number of likely N-dealkylation sites (tertiary alicyclic amines) is 1. The van der Waals surface area contributed by atoms with Gasteiger partial charge in [0.05, 0.1) is 27.2 Å². The molecule has 0 spiro atoms. The van der Waals surface area contributed by atoms with Crippen molar-refractivity contribution >= 4 is 38.5 Å². The quantitative estimate of drug-likeness (QED) is 0.0899. The third kappa shape index (κ3) is 7.30. The Morgan fingerprint density at radius 1 is 1.06 bits per heavy atom. The predicted octanol–water partition coefficient (Wildman–Crippen LogP) is 5.86. The van der Waals surface area contributed by atoms with E-state index in [-0.39, 0.29) is 60.6 Å². The lowest BCUT2D eigenvalue weighted by atomic mass is 9.91. The zero-order valence-electron chi connectivity index (χ0n) is 26.0. The average Bonchev–Trinajstić information content (AvgIpc) is 3.42. The Morgan fingerprint density at radius 3 is 2.33 bits per heavy atom. The number of carbonyl (C=O) groups excluding carboxylic acids is 1. The van der Waals surface area contributed by atoms with E-state index in [0.717, 1.165) is 11.6 Å². The summed E-state index contributed by atoms with van der Waals surface area (Å²) in [6.45, 7) is 1.12. The number of esters is 1. The molecule has 1 aromatic heterocycles. The van der Waals surface area contributed by atoms with Gasteiger partial charge in [-0.1, -0.05) is 42.5 Å². The SMILES string of the molecule is CCOC(=O)C=Cc1ccc(S(=O)(=O)C2CCN(CC(O)(c3cn(Cc4ccccc4)c4cc([N+](=O)[O-])ccc34)C(F)(F)F)CC2)cc1. The number of hydrogen-bond donors (Lipinski definition) is 1. The summed E-state index contributed by atoms with van der Waals surface area (Å²) in [5.74, 6) is -0.528. The third-order valence-corrected chi connectivity index (χ3v) is 10.8. The number of carbonyl (C=O) groups is 1. The summed E-state index contributed by atoms with van der Waals surface area (Å²) in [7, 11) is -3.82. The molecule has 10 nitrogen and oxygen atoms in total. The fraction of sp³-hybridized carbons (Fsp3) is 0.324. The second-order valence-electron chi connectivity index (χ2n) is 11.6. The predicted molar refractivity (Wildman–Crippen MR) is 173 cm³/mol. The Bertz CT molecular complexity index is 1920. The summed E-state index contributed by atoms with van der Waals surface area (Å²) in [4.78, 5) is 23.9. The summed E-state index contributed by atoms with van der Waals surface area (Å²) in [5, 5.41) is 22.2. The molecule has 254 valence electrons. The number of fused-ring (bicyclic) bond motifs is 1. The molecule has 1 unspecified atom stereocenters. The topological polar surface area (TPSA) is 132 Å². The van der Waals surface area contributed by atoms with Crippen molar-refractivity contribution in [2.45, 2.75) is 48.2 Å². The highest BCUT2D eigenvalue weighted by Crippen LogP contribution is 2.44. The molecule has 0 bridgehead atoms. The molecule has 2 heterocycles. The summed E-state index contributed by atoms with van der Waals surface area (Å²) >= 11 is 0. The average molecular weight is 686 g/mol. The van der Waals surface area contributed by atoms with E-state index in [1.165, 1.54) is 52.1 Å². The molecule has 0 radical (unpaired) electrons. The summed E-state index contributed by atoms with van der Waals surface area (Å²) in [6, 6.07) is 18.3. The number of nitro benzene ring substituents is 1.